The zero-order valence-corrected chi connectivity index (χ0v) is 17.6. The summed E-state index contributed by atoms with van der Waals surface area (Å²) in [6.45, 7) is 7.37. The molecule has 0 aromatic heterocycles. The zero-order valence-electron chi connectivity index (χ0n) is 14.7. The van der Waals surface area contributed by atoms with E-state index in [2.05, 4.69) is 81.4 Å². The molecule has 2 aromatic rings. The second-order valence-corrected chi connectivity index (χ2v) is 15.4. The van der Waals surface area contributed by atoms with Crippen LogP contribution in [0.4, 0.5) is 0 Å². The second-order valence-electron chi connectivity index (χ2n) is 7.58. The number of hydrogen-bond donors (Lipinski definition) is 0. The standard InChI is InChI=1S/C10H19.2C6H5.Sn/c1-8(2)10-6-4-9(3)5-7-10;2*1-2-4-6-5-3-1;/h6,8-10H,4-5,7H2,1-3H3;2*1-5H;/t9-,10+;;;/m1.../s1. The molecule has 1 aliphatic carbocycles. The van der Waals surface area contributed by atoms with Gasteiger partial charge >= 0.3 is 149 Å². The topological polar surface area (TPSA) is 0 Å². The van der Waals surface area contributed by atoms with Gasteiger partial charge < -0.3 is 0 Å². The van der Waals surface area contributed by atoms with Crippen molar-refractivity contribution in [2.75, 3.05) is 0 Å². The summed E-state index contributed by atoms with van der Waals surface area (Å²) < 4.78 is 4.32. The van der Waals surface area contributed by atoms with Gasteiger partial charge in [0.1, 0.15) is 0 Å². The minimum absolute atomic E-state index is 0.815. The monoisotopic (exact) mass is 413 g/mol. The van der Waals surface area contributed by atoms with E-state index < -0.39 is 19.8 Å². The molecule has 2 aromatic carbocycles. The Morgan fingerprint density at radius 2 is 1.35 bits per heavy atom. The van der Waals surface area contributed by atoms with Crippen molar-refractivity contribution in [1.82, 2.24) is 0 Å². The summed E-state index contributed by atoms with van der Waals surface area (Å²) in [7, 11) is 0. The van der Waals surface area contributed by atoms with E-state index in [1.165, 1.54) is 19.3 Å². The van der Waals surface area contributed by atoms with E-state index in [1.807, 2.05) is 0 Å². The Balaban J connectivity index is 2.03. The van der Waals surface area contributed by atoms with E-state index in [9.17, 15) is 0 Å². The van der Waals surface area contributed by atoms with E-state index in [0.29, 0.717) is 0 Å². The molecule has 0 nitrogen and oxygen atoms in total. The fourth-order valence-corrected chi connectivity index (χ4v) is 15.5. The molecule has 23 heavy (non-hydrogen) atoms. The summed E-state index contributed by atoms with van der Waals surface area (Å²) in [6.07, 6.45) is 4.31. The summed E-state index contributed by atoms with van der Waals surface area (Å²) in [5.74, 6) is 2.63. The predicted octanol–water partition coefficient (Wildman–Crippen LogP) is 4.76. The van der Waals surface area contributed by atoms with Gasteiger partial charge in [0.25, 0.3) is 0 Å². The molecule has 1 fully saturated rings. The molecule has 0 saturated heterocycles. The Labute approximate surface area is 149 Å². The van der Waals surface area contributed by atoms with Crippen molar-refractivity contribution in [3.63, 3.8) is 0 Å². The van der Waals surface area contributed by atoms with Crippen molar-refractivity contribution < 1.29 is 0 Å². The van der Waals surface area contributed by atoms with Gasteiger partial charge in [-0.2, -0.15) is 0 Å². The fraction of sp³-hybridized carbons (Fsp3) is 0.455. The normalized spacial score (nSPS) is 25.0. The van der Waals surface area contributed by atoms with Crippen LogP contribution in [0.15, 0.2) is 60.7 Å². The van der Waals surface area contributed by atoms with Gasteiger partial charge in [-0.25, -0.2) is 0 Å². The molecule has 1 radical (unpaired) electrons. The van der Waals surface area contributed by atoms with Gasteiger partial charge in [0.2, 0.25) is 0 Å². The van der Waals surface area contributed by atoms with Crippen LogP contribution in [-0.2, 0) is 0 Å². The predicted molar refractivity (Wildman–Crippen MR) is 103 cm³/mol. The molecule has 3 rings (SSSR count). The van der Waals surface area contributed by atoms with E-state index in [-0.39, 0.29) is 0 Å². The molecular formula is C22H29Sn. The third-order valence-corrected chi connectivity index (χ3v) is 15.0. The second kappa shape index (κ2) is 7.87. The van der Waals surface area contributed by atoms with Gasteiger partial charge in [0.05, 0.1) is 0 Å². The number of hydrogen-bond acceptors (Lipinski definition) is 0. The van der Waals surface area contributed by atoms with Gasteiger partial charge in [-0.15, -0.1) is 0 Å². The van der Waals surface area contributed by atoms with E-state index in [1.54, 1.807) is 7.16 Å². The average molecular weight is 412 g/mol. The summed E-state index contributed by atoms with van der Waals surface area (Å²) >= 11 is -1.90. The van der Waals surface area contributed by atoms with Crippen molar-refractivity contribution in [3.05, 3.63) is 60.7 Å². The third-order valence-electron chi connectivity index (χ3n) is 5.56. The van der Waals surface area contributed by atoms with Gasteiger partial charge in [0.15, 0.2) is 0 Å². The minimum atomic E-state index is -1.90. The van der Waals surface area contributed by atoms with Gasteiger partial charge in [-0.05, 0) is 0 Å². The van der Waals surface area contributed by atoms with Crippen molar-refractivity contribution >= 4 is 26.9 Å². The number of benzene rings is 2. The molecule has 1 saturated carbocycles. The summed E-state index contributed by atoms with van der Waals surface area (Å²) in [5, 5.41) is 0. The zero-order chi connectivity index (χ0) is 16.2. The molecule has 121 valence electrons. The first kappa shape index (κ1) is 17.1. The van der Waals surface area contributed by atoms with Crippen molar-refractivity contribution in [2.45, 2.75) is 44.0 Å². The molecule has 3 atom stereocenters. The van der Waals surface area contributed by atoms with E-state index >= 15 is 0 Å². The SMILES string of the molecule is CC(C)[C@@H]1CC[C@H](C)C[C@@H]1[Sn]([c]1ccccc1)[c]1ccccc1. The quantitative estimate of drug-likeness (QED) is 0.636. The molecule has 0 spiro atoms. The molecule has 1 aliphatic rings. The van der Waals surface area contributed by atoms with Crippen LogP contribution in [0.5, 0.6) is 0 Å². The Bertz CT molecular complexity index is 550. The van der Waals surface area contributed by atoms with Crippen LogP contribution in [0.2, 0.25) is 3.93 Å². The first-order valence-electron chi connectivity index (χ1n) is 9.14. The van der Waals surface area contributed by atoms with Gasteiger partial charge in [-0.1, -0.05) is 0 Å². The van der Waals surface area contributed by atoms with Crippen LogP contribution in [0.25, 0.3) is 0 Å². The molecule has 0 unspecified atom stereocenters. The molecular weight excluding hydrogens is 383 g/mol. The molecule has 0 aliphatic heterocycles. The van der Waals surface area contributed by atoms with E-state index in [0.717, 1.165) is 21.7 Å². The maximum atomic E-state index is 2.47. The average Bonchev–Trinajstić information content (AvgIpc) is 2.57. The van der Waals surface area contributed by atoms with Crippen molar-refractivity contribution in [2.24, 2.45) is 17.8 Å². The van der Waals surface area contributed by atoms with Crippen LogP contribution in [0.3, 0.4) is 0 Å². The Hall–Kier alpha value is -0.761. The summed E-state index contributed by atoms with van der Waals surface area (Å²) in [4.78, 5) is 0. The van der Waals surface area contributed by atoms with Crippen LogP contribution in [0, 0.1) is 17.8 Å². The fourth-order valence-electron chi connectivity index (χ4n) is 4.36. The molecule has 0 heterocycles. The summed E-state index contributed by atoms with van der Waals surface area (Å²) in [6, 6.07) is 23.0. The molecule has 0 amide bonds. The third kappa shape index (κ3) is 4.02. The Morgan fingerprint density at radius 3 is 1.83 bits per heavy atom. The summed E-state index contributed by atoms with van der Waals surface area (Å²) in [5.41, 5.74) is 0. The Kier molecular flexibility index (Phi) is 5.85. The Morgan fingerprint density at radius 1 is 0.826 bits per heavy atom. The molecule has 0 bridgehead atoms. The van der Waals surface area contributed by atoms with Crippen LogP contribution in [-0.4, -0.2) is 19.8 Å². The molecule has 1 heteroatoms. The molecule has 0 N–H and O–H groups in total. The first-order valence-corrected chi connectivity index (χ1v) is 13.6. The van der Waals surface area contributed by atoms with Crippen molar-refractivity contribution in [3.8, 4) is 0 Å². The maximum absolute atomic E-state index is 2.47. The van der Waals surface area contributed by atoms with E-state index in [4.69, 9.17) is 0 Å². The van der Waals surface area contributed by atoms with Crippen LogP contribution in [0.1, 0.15) is 40.0 Å². The first-order chi connectivity index (χ1) is 11.2. The van der Waals surface area contributed by atoms with Gasteiger partial charge in [0, 0.05) is 0 Å². The van der Waals surface area contributed by atoms with Crippen molar-refractivity contribution in [1.29, 1.82) is 0 Å². The van der Waals surface area contributed by atoms with Gasteiger partial charge in [-0.3, -0.25) is 0 Å². The van der Waals surface area contributed by atoms with Crippen LogP contribution >= 0.6 is 0 Å². The number of rotatable bonds is 4. The van der Waals surface area contributed by atoms with Crippen LogP contribution < -0.4 is 7.16 Å².